The molecule has 0 aromatic heterocycles. The Hall–Kier alpha value is -1.41. The molecule has 0 bridgehead atoms. The van der Waals surface area contributed by atoms with Crippen molar-refractivity contribution in [2.45, 2.75) is 13.8 Å². The summed E-state index contributed by atoms with van der Waals surface area (Å²) in [5.41, 5.74) is -0.563. The summed E-state index contributed by atoms with van der Waals surface area (Å²) >= 11 is 0. The molecular weight excluding hydrogens is 239 g/mol. The zero-order valence-corrected chi connectivity index (χ0v) is 10.7. The van der Waals surface area contributed by atoms with Crippen LogP contribution >= 0.6 is 7.14 Å². The predicted octanol–water partition coefficient (Wildman–Crippen LogP) is 2.93. The van der Waals surface area contributed by atoms with Crippen LogP contribution in [0, 0.1) is 0 Å². The molecule has 5 heteroatoms. The molecule has 0 unspecified atom stereocenters. The molecule has 4 nitrogen and oxygen atoms in total. The third kappa shape index (κ3) is 2.64. The van der Waals surface area contributed by atoms with Crippen molar-refractivity contribution in [3.63, 3.8) is 0 Å². The van der Waals surface area contributed by atoms with Crippen LogP contribution in [-0.4, -0.2) is 28.9 Å². The van der Waals surface area contributed by atoms with Crippen LogP contribution in [0.25, 0.3) is 0 Å². The lowest BCUT2D eigenvalue weighted by Gasteiger charge is -2.13. The van der Waals surface area contributed by atoms with Gasteiger partial charge in [-0.1, -0.05) is 32.0 Å². The van der Waals surface area contributed by atoms with Crippen molar-refractivity contribution in [2.24, 2.45) is 0 Å². The summed E-state index contributed by atoms with van der Waals surface area (Å²) in [6.45, 7) is 3.37. The van der Waals surface area contributed by atoms with Crippen LogP contribution in [0.3, 0.4) is 0 Å². The lowest BCUT2D eigenvalue weighted by atomic mass is 10.1. The zero-order valence-electron chi connectivity index (χ0n) is 9.84. The summed E-state index contributed by atoms with van der Waals surface area (Å²) in [7, 11) is -2.96. The van der Waals surface area contributed by atoms with Crippen LogP contribution < -0.4 is 0 Å². The summed E-state index contributed by atoms with van der Waals surface area (Å²) in [4.78, 5) is 23.1. The summed E-state index contributed by atoms with van der Waals surface area (Å²) in [6, 6.07) is 5.90. The van der Waals surface area contributed by atoms with E-state index < -0.39 is 18.6 Å². The Bertz CT molecular complexity index is 485. The van der Waals surface area contributed by atoms with Gasteiger partial charge in [0, 0.05) is 17.9 Å². The molecule has 0 saturated heterocycles. The molecule has 0 heterocycles. The second kappa shape index (κ2) is 5.28. The highest BCUT2D eigenvalue weighted by atomic mass is 31.2. The molecule has 0 atom stereocenters. The number of carbonyl (C=O) groups excluding carboxylic acids is 1. The topological polar surface area (TPSA) is 71.4 Å². The lowest BCUT2D eigenvalue weighted by Crippen LogP contribution is -2.11. The molecule has 1 rings (SSSR count). The highest BCUT2D eigenvalue weighted by Gasteiger charge is 2.31. The number of rotatable bonds is 5. The molecule has 0 fully saturated rings. The maximum absolute atomic E-state index is 12.3. The molecule has 0 saturated carbocycles. The van der Waals surface area contributed by atoms with Gasteiger partial charge in [-0.15, -0.1) is 0 Å². The molecule has 1 aromatic rings. The van der Waals surface area contributed by atoms with Gasteiger partial charge in [0.05, 0.1) is 5.56 Å². The Balaban J connectivity index is 3.31. The standard InChI is InChI=1S/C12H15O4P/c1-3-17(16,4-2)12(15)10-8-6-5-7-9(10)11(13)14/h5-8H,3-4H2,1-2H3,(H,13,14). The molecule has 17 heavy (non-hydrogen) atoms. The van der Waals surface area contributed by atoms with E-state index in [2.05, 4.69) is 0 Å². The molecule has 0 aliphatic carbocycles. The van der Waals surface area contributed by atoms with Gasteiger partial charge in [0.1, 0.15) is 0 Å². The fourth-order valence-electron chi connectivity index (χ4n) is 1.59. The van der Waals surface area contributed by atoms with E-state index in [0.717, 1.165) is 0 Å². The van der Waals surface area contributed by atoms with Gasteiger partial charge in [-0.25, -0.2) is 4.79 Å². The fraction of sp³-hybridized carbons (Fsp3) is 0.333. The number of aromatic carboxylic acids is 1. The van der Waals surface area contributed by atoms with Gasteiger partial charge in [-0.3, -0.25) is 4.79 Å². The maximum atomic E-state index is 12.3. The molecule has 92 valence electrons. The average molecular weight is 254 g/mol. The summed E-state index contributed by atoms with van der Waals surface area (Å²) in [6.07, 6.45) is 0.520. The van der Waals surface area contributed by atoms with Crippen LogP contribution in [0.5, 0.6) is 0 Å². The number of benzene rings is 1. The van der Waals surface area contributed by atoms with Gasteiger partial charge in [0.15, 0.2) is 7.14 Å². The van der Waals surface area contributed by atoms with Crippen molar-refractivity contribution in [1.29, 1.82) is 0 Å². The number of hydrogen-bond donors (Lipinski definition) is 1. The highest BCUT2D eigenvalue weighted by Crippen LogP contribution is 2.48. The van der Waals surface area contributed by atoms with Gasteiger partial charge >= 0.3 is 5.97 Å². The van der Waals surface area contributed by atoms with Gasteiger partial charge in [-0.05, 0) is 6.07 Å². The van der Waals surface area contributed by atoms with Crippen molar-refractivity contribution in [3.05, 3.63) is 35.4 Å². The van der Waals surface area contributed by atoms with Gasteiger partial charge in [-0.2, -0.15) is 0 Å². The van der Waals surface area contributed by atoms with Crippen LogP contribution in [0.4, 0.5) is 0 Å². The first-order chi connectivity index (χ1) is 7.96. The summed E-state index contributed by atoms with van der Waals surface area (Å²) in [5, 5.41) is 8.98. The van der Waals surface area contributed by atoms with E-state index in [-0.39, 0.29) is 23.5 Å². The first kappa shape index (κ1) is 13.7. The van der Waals surface area contributed by atoms with Crippen LogP contribution in [0.1, 0.15) is 34.6 Å². The first-order valence-corrected chi connectivity index (χ1v) is 7.49. The minimum Gasteiger partial charge on any atom is -0.478 e. The molecular formula is C12H15O4P. The molecule has 0 spiro atoms. The molecule has 0 amide bonds. The van der Waals surface area contributed by atoms with E-state index in [1.54, 1.807) is 26.0 Å². The predicted molar refractivity (Wildman–Crippen MR) is 66.4 cm³/mol. The van der Waals surface area contributed by atoms with Crippen molar-refractivity contribution in [3.8, 4) is 0 Å². The molecule has 0 aliphatic rings. The average Bonchev–Trinajstić information content (AvgIpc) is 2.36. The molecule has 0 aliphatic heterocycles. The van der Waals surface area contributed by atoms with Gasteiger partial charge in [0.2, 0.25) is 5.52 Å². The summed E-state index contributed by atoms with van der Waals surface area (Å²) < 4.78 is 12.3. The highest BCUT2D eigenvalue weighted by molar-refractivity contribution is 7.81. The Morgan fingerprint density at radius 3 is 2.00 bits per heavy atom. The van der Waals surface area contributed by atoms with Gasteiger partial charge in [0.25, 0.3) is 0 Å². The molecule has 1 aromatic carbocycles. The van der Waals surface area contributed by atoms with Crippen LogP contribution in [-0.2, 0) is 4.57 Å². The Morgan fingerprint density at radius 1 is 1.12 bits per heavy atom. The fourth-order valence-corrected chi connectivity index (χ4v) is 3.24. The van der Waals surface area contributed by atoms with E-state index in [0.29, 0.717) is 0 Å². The Morgan fingerprint density at radius 2 is 1.59 bits per heavy atom. The molecule has 0 radical (unpaired) electrons. The smallest absolute Gasteiger partial charge is 0.336 e. The van der Waals surface area contributed by atoms with E-state index in [4.69, 9.17) is 5.11 Å². The van der Waals surface area contributed by atoms with Crippen LogP contribution in [0.2, 0.25) is 0 Å². The largest absolute Gasteiger partial charge is 0.478 e. The maximum Gasteiger partial charge on any atom is 0.336 e. The quantitative estimate of drug-likeness (QED) is 0.820. The first-order valence-electron chi connectivity index (χ1n) is 5.41. The van der Waals surface area contributed by atoms with E-state index in [1.807, 2.05) is 0 Å². The van der Waals surface area contributed by atoms with E-state index in [1.165, 1.54) is 12.1 Å². The van der Waals surface area contributed by atoms with Crippen molar-refractivity contribution in [1.82, 2.24) is 0 Å². The minimum atomic E-state index is -2.96. The zero-order chi connectivity index (χ0) is 13.1. The van der Waals surface area contributed by atoms with E-state index >= 15 is 0 Å². The monoisotopic (exact) mass is 254 g/mol. The molecule has 1 N–H and O–H groups in total. The lowest BCUT2D eigenvalue weighted by molar-refractivity contribution is 0.0693. The third-order valence-electron chi connectivity index (χ3n) is 2.78. The SMILES string of the molecule is CCP(=O)(CC)C(=O)c1ccccc1C(=O)O. The van der Waals surface area contributed by atoms with E-state index in [9.17, 15) is 14.2 Å². The van der Waals surface area contributed by atoms with Crippen molar-refractivity contribution >= 4 is 18.6 Å². The third-order valence-corrected chi connectivity index (χ3v) is 5.80. The number of carboxylic acids is 1. The normalized spacial score (nSPS) is 11.2. The van der Waals surface area contributed by atoms with Crippen molar-refractivity contribution in [2.75, 3.05) is 12.3 Å². The number of hydrogen-bond acceptors (Lipinski definition) is 3. The number of carboxylic acid groups (broad SMARTS) is 1. The Labute approximate surface area is 100 Å². The minimum absolute atomic E-state index is 0.0482. The van der Waals surface area contributed by atoms with Crippen molar-refractivity contribution < 1.29 is 19.3 Å². The number of carbonyl (C=O) groups is 2. The second-order valence-corrected chi connectivity index (χ2v) is 7.13. The summed E-state index contributed by atoms with van der Waals surface area (Å²) in [5.74, 6) is -1.17. The van der Waals surface area contributed by atoms with Crippen LogP contribution in [0.15, 0.2) is 24.3 Å². The Kier molecular flexibility index (Phi) is 4.24. The second-order valence-electron chi connectivity index (χ2n) is 3.68. The van der Waals surface area contributed by atoms with Gasteiger partial charge < -0.3 is 9.67 Å².